The lowest BCUT2D eigenvalue weighted by molar-refractivity contribution is -0.139. The third-order valence-corrected chi connectivity index (χ3v) is 7.15. The quantitative estimate of drug-likeness (QED) is 0.536. The summed E-state index contributed by atoms with van der Waals surface area (Å²) < 4.78 is 6.34. The van der Waals surface area contributed by atoms with Gasteiger partial charge in [0.25, 0.3) is 0 Å². The number of fused-ring (bicyclic) bond motifs is 1. The summed E-state index contributed by atoms with van der Waals surface area (Å²) in [4.78, 5) is 25.7. The van der Waals surface area contributed by atoms with Crippen LogP contribution >= 0.6 is 0 Å². The van der Waals surface area contributed by atoms with Gasteiger partial charge >= 0.3 is 5.97 Å². The van der Waals surface area contributed by atoms with Crippen molar-refractivity contribution in [3.05, 3.63) is 64.7 Å². The van der Waals surface area contributed by atoms with Crippen LogP contribution in [0.2, 0.25) is 0 Å². The van der Waals surface area contributed by atoms with Crippen molar-refractivity contribution in [1.29, 1.82) is 0 Å². The molecule has 35 heavy (non-hydrogen) atoms. The fraction of sp³-hybridized carbons (Fsp3) is 0.500. The first-order valence-corrected chi connectivity index (χ1v) is 12.5. The third kappa shape index (κ3) is 6.03. The molecule has 0 bridgehead atoms. The highest BCUT2D eigenvalue weighted by Crippen LogP contribution is 2.33. The van der Waals surface area contributed by atoms with E-state index in [2.05, 4.69) is 42.3 Å². The summed E-state index contributed by atoms with van der Waals surface area (Å²) in [5, 5.41) is 23.4. The van der Waals surface area contributed by atoms with Crippen molar-refractivity contribution in [3.8, 4) is 5.75 Å². The first-order chi connectivity index (χ1) is 16.7. The van der Waals surface area contributed by atoms with Crippen molar-refractivity contribution in [1.82, 2.24) is 10.2 Å². The molecule has 0 spiro atoms. The Morgan fingerprint density at radius 2 is 1.89 bits per heavy atom. The van der Waals surface area contributed by atoms with Gasteiger partial charge in [-0.25, -0.2) is 0 Å². The normalized spacial score (nSPS) is 24.3. The average Bonchev–Trinajstić information content (AvgIpc) is 3.11. The smallest absolute Gasteiger partial charge is 0.303 e. The molecule has 1 fully saturated rings. The second-order valence-electron chi connectivity index (χ2n) is 10.2. The lowest BCUT2D eigenvalue weighted by Crippen LogP contribution is -2.54. The number of carboxylic acids is 1. The molecule has 1 aliphatic heterocycles. The van der Waals surface area contributed by atoms with Crippen LogP contribution in [0.1, 0.15) is 61.3 Å². The second kappa shape index (κ2) is 10.8. The minimum absolute atomic E-state index is 0.0847. The number of aliphatic carboxylic acids is 1. The van der Waals surface area contributed by atoms with Crippen LogP contribution in [0.4, 0.5) is 0 Å². The zero-order chi connectivity index (χ0) is 25.1. The lowest BCUT2D eigenvalue weighted by Gasteiger charge is -2.38. The molecule has 0 saturated heterocycles. The van der Waals surface area contributed by atoms with Crippen LogP contribution in [-0.2, 0) is 22.6 Å². The molecule has 2 aromatic rings. The van der Waals surface area contributed by atoms with E-state index < -0.39 is 18.2 Å². The Morgan fingerprint density at radius 1 is 1.14 bits per heavy atom. The molecule has 4 atom stereocenters. The number of carboxylic acid groups (broad SMARTS) is 1. The number of carbonyl (C=O) groups excluding carboxylic acids is 1. The van der Waals surface area contributed by atoms with Gasteiger partial charge in [0, 0.05) is 25.9 Å². The summed E-state index contributed by atoms with van der Waals surface area (Å²) in [7, 11) is 0. The van der Waals surface area contributed by atoms with E-state index in [9.17, 15) is 14.7 Å². The molecule has 0 radical (unpaired) electrons. The number of aliphatic hydroxyl groups is 1. The minimum atomic E-state index is -1.00. The monoisotopic (exact) mass is 480 g/mol. The minimum Gasteiger partial charge on any atom is -0.488 e. The number of hydrogen-bond acceptors (Lipinski definition) is 5. The van der Waals surface area contributed by atoms with Crippen LogP contribution in [0.5, 0.6) is 5.75 Å². The van der Waals surface area contributed by atoms with Crippen molar-refractivity contribution in [2.45, 2.75) is 83.2 Å². The van der Waals surface area contributed by atoms with Gasteiger partial charge in [0.2, 0.25) is 5.91 Å². The molecule has 188 valence electrons. The molecule has 1 aliphatic carbocycles. The number of amides is 1. The van der Waals surface area contributed by atoms with Gasteiger partial charge in [-0.05, 0) is 53.6 Å². The van der Waals surface area contributed by atoms with E-state index in [4.69, 9.17) is 9.84 Å². The number of hydrogen-bond donors (Lipinski definition) is 3. The first kappa shape index (κ1) is 25.2. The van der Waals surface area contributed by atoms with Gasteiger partial charge in [-0.2, -0.15) is 0 Å². The molecule has 1 saturated carbocycles. The van der Waals surface area contributed by atoms with Gasteiger partial charge in [0.05, 0.1) is 18.5 Å². The summed E-state index contributed by atoms with van der Waals surface area (Å²) in [5.74, 6) is -0.241. The fourth-order valence-electron chi connectivity index (χ4n) is 5.34. The molecule has 7 heteroatoms. The van der Waals surface area contributed by atoms with Crippen LogP contribution in [-0.4, -0.2) is 57.8 Å². The van der Waals surface area contributed by atoms with E-state index in [1.54, 1.807) is 0 Å². The van der Waals surface area contributed by atoms with Crippen LogP contribution < -0.4 is 10.1 Å². The Bertz CT molecular complexity index is 1070. The maximum absolute atomic E-state index is 12.6. The summed E-state index contributed by atoms with van der Waals surface area (Å²) in [6.07, 6.45) is -0.256. The fourth-order valence-corrected chi connectivity index (χ4v) is 5.34. The number of carbonyl (C=O) groups is 2. The highest BCUT2D eigenvalue weighted by Gasteiger charge is 2.48. The Morgan fingerprint density at radius 3 is 2.60 bits per heavy atom. The molecule has 0 unspecified atom stereocenters. The summed E-state index contributed by atoms with van der Waals surface area (Å²) in [5.41, 5.74) is 4.81. The molecular weight excluding hydrogens is 444 g/mol. The molecular formula is C28H36N2O5. The van der Waals surface area contributed by atoms with E-state index in [1.807, 2.05) is 31.2 Å². The van der Waals surface area contributed by atoms with Crippen LogP contribution in [0.25, 0.3) is 0 Å². The molecule has 2 aromatic carbocycles. The van der Waals surface area contributed by atoms with Crippen molar-refractivity contribution in [2.24, 2.45) is 0 Å². The van der Waals surface area contributed by atoms with Gasteiger partial charge in [0.15, 0.2) is 0 Å². The molecule has 1 heterocycles. The number of nitrogens with zero attached hydrogens (tertiary/aromatic N) is 1. The van der Waals surface area contributed by atoms with E-state index in [1.165, 1.54) is 16.7 Å². The molecule has 0 aromatic heterocycles. The zero-order valence-electron chi connectivity index (χ0n) is 20.7. The number of benzene rings is 2. The average molecular weight is 481 g/mol. The molecule has 4 rings (SSSR count). The summed E-state index contributed by atoms with van der Waals surface area (Å²) in [6, 6.07) is 13.8. The molecule has 3 N–H and O–H groups in total. The zero-order valence-corrected chi connectivity index (χ0v) is 20.7. The number of ether oxygens (including phenoxy) is 1. The van der Waals surface area contributed by atoms with Crippen molar-refractivity contribution >= 4 is 11.9 Å². The van der Waals surface area contributed by atoms with Crippen LogP contribution in [0, 0.1) is 6.92 Å². The van der Waals surface area contributed by atoms with Gasteiger partial charge in [-0.15, -0.1) is 0 Å². The Kier molecular flexibility index (Phi) is 7.77. The Balaban J connectivity index is 1.55. The molecule has 2 aliphatic rings. The van der Waals surface area contributed by atoms with E-state index in [-0.39, 0.29) is 30.8 Å². The maximum atomic E-state index is 12.6. The standard InChI is InChI=1S/C28H36N2O5/c1-17(2)21-12-18(3)13-22(14-21)35-24-15-23(29-25(31)8-9-26(32)33)27(28(24)34)30-11-10-19-6-4-5-7-20(19)16-30/h4-7,12-14,17,23-24,27-28,34H,8-11,15-16H2,1-3H3,(H,29,31)(H,32,33)/t23-,24-,27+,28+/m1/s1. The molecule has 1 amide bonds. The third-order valence-electron chi connectivity index (χ3n) is 7.15. The van der Waals surface area contributed by atoms with E-state index in [0.29, 0.717) is 18.9 Å². The predicted octanol–water partition coefficient (Wildman–Crippen LogP) is 3.41. The van der Waals surface area contributed by atoms with Crippen LogP contribution in [0.3, 0.4) is 0 Å². The van der Waals surface area contributed by atoms with Crippen LogP contribution in [0.15, 0.2) is 42.5 Å². The van der Waals surface area contributed by atoms with E-state index in [0.717, 1.165) is 24.3 Å². The van der Waals surface area contributed by atoms with Crippen molar-refractivity contribution < 1.29 is 24.5 Å². The van der Waals surface area contributed by atoms with Gasteiger partial charge < -0.3 is 20.3 Å². The number of aliphatic hydroxyl groups excluding tert-OH is 1. The van der Waals surface area contributed by atoms with Gasteiger partial charge in [-0.1, -0.05) is 44.2 Å². The largest absolute Gasteiger partial charge is 0.488 e. The summed E-state index contributed by atoms with van der Waals surface area (Å²) >= 11 is 0. The topological polar surface area (TPSA) is 99.1 Å². The predicted molar refractivity (Wildman–Crippen MR) is 133 cm³/mol. The molecule has 7 nitrogen and oxygen atoms in total. The highest BCUT2D eigenvalue weighted by atomic mass is 16.5. The van der Waals surface area contributed by atoms with Gasteiger partial charge in [-0.3, -0.25) is 14.5 Å². The number of nitrogens with one attached hydrogen (secondary N) is 1. The van der Waals surface area contributed by atoms with Gasteiger partial charge in [0.1, 0.15) is 18.0 Å². The highest BCUT2D eigenvalue weighted by molar-refractivity contribution is 5.80. The number of aryl methyl sites for hydroxylation is 1. The maximum Gasteiger partial charge on any atom is 0.303 e. The Labute approximate surface area is 207 Å². The van der Waals surface area contributed by atoms with Crippen molar-refractivity contribution in [2.75, 3.05) is 6.54 Å². The second-order valence-corrected chi connectivity index (χ2v) is 10.2. The first-order valence-electron chi connectivity index (χ1n) is 12.5. The summed E-state index contributed by atoms with van der Waals surface area (Å²) in [6.45, 7) is 7.76. The Hall–Kier alpha value is -2.90. The lowest BCUT2D eigenvalue weighted by atomic mass is 9.97. The number of rotatable bonds is 8. The van der Waals surface area contributed by atoms with E-state index >= 15 is 0 Å². The van der Waals surface area contributed by atoms with Crippen molar-refractivity contribution in [3.63, 3.8) is 0 Å². The SMILES string of the molecule is Cc1cc(O[C@@H]2C[C@@H](NC(=O)CCC(=O)O)[C@H](N3CCc4ccccc4C3)[C@H]2O)cc(C(C)C)c1.